The molecule has 1 heterocycles. The zero-order chi connectivity index (χ0) is 20.1. The van der Waals surface area contributed by atoms with Crippen molar-refractivity contribution in [2.45, 2.75) is 0 Å². The van der Waals surface area contributed by atoms with E-state index in [9.17, 15) is 9.59 Å². The standard InChI is InChI=1S/C19H15BrN2O5S/c1-26-14-8-11(7-13(20)17(14)27-10-16(23)24)9-15-18(25)22-19(28-15)21-12-5-3-2-4-6-12/h2-9H,10H2,1H3,(H,23,24)(H,21,22,25)/b15-9+. The number of carbonyl (C=O) groups excluding carboxylic acids is 1. The fourth-order valence-corrected chi connectivity index (χ4v) is 3.76. The summed E-state index contributed by atoms with van der Waals surface area (Å²) in [5, 5.41) is 12.0. The van der Waals surface area contributed by atoms with Gasteiger partial charge in [-0.05, 0) is 63.6 Å². The van der Waals surface area contributed by atoms with Crippen molar-refractivity contribution in [1.29, 1.82) is 0 Å². The second-order valence-corrected chi connectivity index (χ2v) is 7.42. The van der Waals surface area contributed by atoms with E-state index < -0.39 is 12.6 Å². The van der Waals surface area contributed by atoms with E-state index in [1.165, 1.54) is 18.9 Å². The van der Waals surface area contributed by atoms with Gasteiger partial charge in [0.15, 0.2) is 23.3 Å². The molecule has 0 atom stereocenters. The number of nitrogens with one attached hydrogen (secondary N) is 1. The number of amides is 1. The fraction of sp³-hybridized carbons (Fsp3) is 0.105. The van der Waals surface area contributed by atoms with E-state index in [2.05, 4.69) is 26.2 Å². The normalized spacial score (nSPS) is 16.3. The highest BCUT2D eigenvalue weighted by Gasteiger charge is 2.24. The van der Waals surface area contributed by atoms with E-state index in [1.54, 1.807) is 18.2 Å². The molecule has 1 aliphatic heterocycles. The van der Waals surface area contributed by atoms with Gasteiger partial charge in [-0.15, -0.1) is 0 Å². The molecular formula is C19H15BrN2O5S. The quantitative estimate of drug-likeness (QED) is 0.633. The lowest BCUT2D eigenvalue weighted by Crippen LogP contribution is -2.19. The summed E-state index contributed by atoms with van der Waals surface area (Å²) in [4.78, 5) is 27.9. The number of aliphatic imine (C=N–C) groups is 1. The highest BCUT2D eigenvalue weighted by atomic mass is 79.9. The first kappa shape index (κ1) is 20.0. The Morgan fingerprint density at radius 1 is 1.32 bits per heavy atom. The molecule has 9 heteroatoms. The number of carbonyl (C=O) groups is 2. The van der Waals surface area contributed by atoms with Crippen LogP contribution in [0.2, 0.25) is 0 Å². The summed E-state index contributed by atoms with van der Waals surface area (Å²) in [6.45, 7) is -0.493. The molecule has 1 amide bonds. The van der Waals surface area contributed by atoms with Crippen molar-refractivity contribution in [2.24, 2.45) is 4.99 Å². The Balaban J connectivity index is 1.84. The van der Waals surface area contributed by atoms with Gasteiger partial charge in [0.1, 0.15) is 0 Å². The van der Waals surface area contributed by atoms with Crippen LogP contribution in [-0.4, -0.2) is 35.9 Å². The molecule has 0 spiro atoms. The second kappa shape index (κ2) is 8.94. The maximum Gasteiger partial charge on any atom is 0.341 e. The molecule has 2 aromatic carbocycles. The number of carboxylic acid groups (broad SMARTS) is 1. The van der Waals surface area contributed by atoms with Crippen molar-refractivity contribution in [2.75, 3.05) is 13.7 Å². The number of nitrogens with zero attached hydrogens (tertiary/aromatic N) is 1. The molecule has 0 saturated carbocycles. The molecule has 0 aliphatic carbocycles. The van der Waals surface area contributed by atoms with Gasteiger partial charge in [-0.2, -0.15) is 0 Å². The Morgan fingerprint density at radius 3 is 2.75 bits per heavy atom. The van der Waals surface area contributed by atoms with Gasteiger partial charge >= 0.3 is 5.97 Å². The van der Waals surface area contributed by atoms with Gasteiger partial charge < -0.3 is 19.9 Å². The minimum Gasteiger partial charge on any atom is -0.493 e. The van der Waals surface area contributed by atoms with Crippen LogP contribution in [0.15, 0.2) is 56.8 Å². The Hall–Kier alpha value is -2.78. The van der Waals surface area contributed by atoms with Crippen LogP contribution in [0.3, 0.4) is 0 Å². The van der Waals surface area contributed by atoms with Crippen LogP contribution in [0.4, 0.5) is 5.69 Å². The summed E-state index contributed by atoms with van der Waals surface area (Å²) in [6.07, 6.45) is 1.70. The minimum atomic E-state index is -1.09. The minimum absolute atomic E-state index is 0.249. The van der Waals surface area contributed by atoms with Crippen LogP contribution in [0.1, 0.15) is 5.56 Å². The molecule has 0 aromatic heterocycles. The molecule has 1 aliphatic rings. The molecule has 1 fully saturated rings. The van der Waals surface area contributed by atoms with E-state index >= 15 is 0 Å². The smallest absolute Gasteiger partial charge is 0.341 e. The first-order valence-corrected chi connectivity index (χ1v) is 9.64. The van der Waals surface area contributed by atoms with Gasteiger partial charge in [0, 0.05) is 0 Å². The van der Waals surface area contributed by atoms with Crippen LogP contribution in [0.25, 0.3) is 6.08 Å². The monoisotopic (exact) mass is 462 g/mol. The summed E-state index contributed by atoms with van der Waals surface area (Å²) in [5.74, 6) is -0.712. The van der Waals surface area contributed by atoms with Crippen molar-refractivity contribution in [3.05, 3.63) is 57.4 Å². The number of para-hydroxylation sites is 1. The van der Waals surface area contributed by atoms with Crippen LogP contribution in [0, 0.1) is 0 Å². The summed E-state index contributed by atoms with van der Waals surface area (Å²) in [7, 11) is 1.45. The third kappa shape index (κ3) is 4.93. The molecule has 144 valence electrons. The average molecular weight is 463 g/mol. The lowest BCUT2D eigenvalue weighted by molar-refractivity contribution is -0.139. The lowest BCUT2D eigenvalue weighted by atomic mass is 10.2. The van der Waals surface area contributed by atoms with Crippen LogP contribution < -0.4 is 14.8 Å². The Morgan fingerprint density at radius 2 is 2.07 bits per heavy atom. The molecule has 3 rings (SSSR count). The van der Waals surface area contributed by atoms with Crippen LogP contribution in [-0.2, 0) is 9.59 Å². The number of hydrogen-bond acceptors (Lipinski definition) is 6. The number of amidine groups is 1. The first-order valence-electron chi connectivity index (χ1n) is 8.03. The van der Waals surface area contributed by atoms with Crippen molar-refractivity contribution in [3.8, 4) is 11.5 Å². The van der Waals surface area contributed by atoms with E-state index in [1.807, 2.05) is 30.3 Å². The number of halogens is 1. The van der Waals surface area contributed by atoms with Gasteiger partial charge in [-0.25, -0.2) is 9.79 Å². The van der Waals surface area contributed by atoms with E-state index in [0.717, 1.165) is 5.69 Å². The maximum absolute atomic E-state index is 12.2. The summed E-state index contributed by atoms with van der Waals surface area (Å²) < 4.78 is 11.1. The van der Waals surface area contributed by atoms with Gasteiger partial charge in [-0.3, -0.25) is 4.79 Å². The molecule has 0 bridgehead atoms. The predicted molar refractivity (Wildman–Crippen MR) is 111 cm³/mol. The van der Waals surface area contributed by atoms with E-state index in [0.29, 0.717) is 25.9 Å². The average Bonchev–Trinajstić information content (AvgIpc) is 2.99. The largest absolute Gasteiger partial charge is 0.493 e. The van der Waals surface area contributed by atoms with Crippen LogP contribution in [0.5, 0.6) is 11.5 Å². The Labute approximate surface area is 173 Å². The number of ether oxygens (including phenoxy) is 2. The Bertz CT molecular complexity index is 976. The summed E-state index contributed by atoms with van der Waals surface area (Å²) in [6, 6.07) is 12.7. The van der Waals surface area contributed by atoms with Gasteiger partial charge in [-0.1, -0.05) is 18.2 Å². The van der Waals surface area contributed by atoms with Crippen molar-refractivity contribution < 1.29 is 24.2 Å². The number of carboxylic acids is 1. The molecule has 0 unspecified atom stereocenters. The Kier molecular flexibility index (Phi) is 6.37. The van der Waals surface area contributed by atoms with E-state index in [-0.39, 0.29) is 11.7 Å². The van der Waals surface area contributed by atoms with Crippen molar-refractivity contribution in [3.63, 3.8) is 0 Å². The molecule has 7 nitrogen and oxygen atoms in total. The zero-order valence-electron chi connectivity index (χ0n) is 14.6. The maximum atomic E-state index is 12.2. The predicted octanol–water partition coefficient (Wildman–Crippen LogP) is 3.81. The van der Waals surface area contributed by atoms with Gasteiger partial charge in [0.2, 0.25) is 0 Å². The third-order valence-corrected chi connectivity index (χ3v) is 5.03. The number of methoxy groups -OCH3 is 1. The van der Waals surface area contributed by atoms with Gasteiger partial charge in [0.25, 0.3) is 5.91 Å². The highest BCUT2D eigenvalue weighted by Crippen LogP contribution is 2.38. The number of thioether (sulfide) groups is 1. The molecule has 0 radical (unpaired) electrons. The second-order valence-electron chi connectivity index (χ2n) is 5.53. The van der Waals surface area contributed by atoms with Crippen molar-refractivity contribution in [1.82, 2.24) is 5.32 Å². The van der Waals surface area contributed by atoms with E-state index in [4.69, 9.17) is 14.6 Å². The topological polar surface area (TPSA) is 97.2 Å². The number of aliphatic carboxylic acids is 1. The lowest BCUT2D eigenvalue weighted by Gasteiger charge is -2.12. The zero-order valence-corrected chi connectivity index (χ0v) is 17.0. The third-order valence-electron chi connectivity index (χ3n) is 3.53. The van der Waals surface area contributed by atoms with Gasteiger partial charge in [0.05, 0.1) is 22.2 Å². The molecular weight excluding hydrogens is 448 g/mol. The first-order chi connectivity index (χ1) is 13.5. The molecule has 1 saturated heterocycles. The number of rotatable bonds is 6. The fourth-order valence-electron chi connectivity index (χ4n) is 2.35. The van der Waals surface area contributed by atoms with Crippen molar-refractivity contribution >= 4 is 56.5 Å². The number of benzene rings is 2. The number of hydrogen-bond donors (Lipinski definition) is 2. The van der Waals surface area contributed by atoms with Crippen LogP contribution >= 0.6 is 27.7 Å². The molecule has 2 aromatic rings. The SMILES string of the molecule is COc1cc(/C=C2/SC(=Nc3ccccc3)NC2=O)cc(Br)c1OCC(=O)O. The molecule has 2 N–H and O–H groups in total. The highest BCUT2D eigenvalue weighted by molar-refractivity contribution is 9.10. The summed E-state index contributed by atoms with van der Waals surface area (Å²) >= 11 is 4.58. The summed E-state index contributed by atoms with van der Waals surface area (Å²) in [5.41, 5.74) is 1.43. The molecule has 28 heavy (non-hydrogen) atoms.